The van der Waals surface area contributed by atoms with Crippen molar-refractivity contribution in [3.05, 3.63) is 18.2 Å². The zero-order valence-electron chi connectivity index (χ0n) is 13.2. The van der Waals surface area contributed by atoms with E-state index in [1.54, 1.807) is 14.2 Å². The fourth-order valence-corrected chi connectivity index (χ4v) is 2.22. The van der Waals surface area contributed by atoms with E-state index in [1.165, 1.54) is 44.9 Å². The van der Waals surface area contributed by atoms with E-state index in [0.29, 0.717) is 0 Å². The van der Waals surface area contributed by atoms with Gasteiger partial charge < -0.3 is 14.8 Å². The van der Waals surface area contributed by atoms with Gasteiger partial charge in [-0.25, -0.2) is 0 Å². The monoisotopic (exact) mass is 279 g/mol. The second-order valence-electron chi connectivity index (χ2n) is 5.15. The molecule has 1 rings (SSSR count). The van der Waals surface area contributed by atoms with Gasteiger partial charge in [0.2, 0.25) is 0 Å². The van der Waals surface area contributed by atoms with Crippen LogP contribution in [-0.2, 0) is 0 Å². The van der Waals surface area contributed by atoms with E-state index in [4.69, 9.17) is 9.47 Å². The van der Waals surface area contributed by atoms with Crippen LogP contribution >= 0.6 is 0 Å². The number of hydrogen-bond acceptors (Lipinski definition) is 3. The summed E-state index contributed by atoms with van der Waals surface area (Å²) < 4.78 is 10.5. The Hall–Kier alpha value is -1.38. The lowest BCUT2D eigenvalue weighted by Crippen LogP contribution is -2.02. The largest absolute Gasteiger partial charge is 0.497 e. The van der Waals surface area contributed by atoms with Gasteiger partial charge >= 0.3 is 0 Å². The average molecular weight is 279 g/mol. The van der Waals surface area contributed by atoms with Gasteiger partial charge in [-0.15, -0.1) is 0 Å². The standard InChI is InChI=1S/C17H29NO2/c1-4-5-6-7-8-9-10-11-18-15-12-16(19-2)14-17(13-15)20-3/h12-14,18H,4-11H2,1-3H3. The summed E-state index contributed by atoms with van der Waals surface area (Å²) in [6.07, 6.45) is 9.32. The third-order valence-corrected chi connectivity index (χ3v) is 3.46. The van der Waals surface area contributed by atoms with Crippen molar-refractivity contribution in [2.45, 2.75) is 51.9 Å². The molecule has 3 nitrogen and oxygen atoms in total. The Morgan fingerprint density at radius 1 is 0.800 bits per heavy atom. The van der Waals surface area contributed by atoms with Crippen LogP contribution in [0.25, 0.3) is 0 Å². The average Bonchev–Trinajstić information content (AvgIpc) is 2.49. The van der Waals surface area contributed by atoms with Crippen molar-refractivity contribution in [2.75, 3.05) is 26.1 Å². The van der Waals surface area contributed by atoms with Crippen LogP contribution in [0.15, 0.2) is 18.2 Å². The van der Waals surface area contributed by atoms with Crippen LogP contribution in [0.4, 0.5) is 5.69 Å². The molecule has 0 aliphatic heterocycles. The van der Waals surface area contributed by atoms with Crippen LogP contribution in [0.5, 0.6) is 11.5 Å². The third kappa shape index (κ3) is 6.69. The number of rotatable bonds is 11. The summed E-state index contributed by atoms with van der Waals surface area (Å²) in [5, 5.41) is 3.44. The Morgan fingerprint density at radius 3 is 1.90 bits per heavy atom. The first-order valence-electron chi connectivity index (χ1n) is 7.77. The summed E-state index contributed by atoms with van der Waals surface area (Å²) >= 11 is 0. The van der Waals surface area contributed by atoms with Crippen molar-refractivity contribution in [2.24, 2.45) is 0 Å². The molecule has 0 unspecified atom stereocenters. The zero-order valence-corrected chi connectivity index (χ0v) is 13.2. The summed E-state index contributed by atoms with van der Waals surface area (Å²) in [5.74, 6) is 1.65. The number of benzene rings is 1. The molecule has 0 bridgehead atoms. The normalized spacial score (nSPS) is 10.3. The predicted octanol–water partition coefficient (Wildman–Crippen LogP) is 4.87. The number of ether oxygens (including phenoxy) is 2. The van der Waals surface area contributed by atoms with Crippen LogP contribution in [0.2, 0.25) is 0 Å². The molecule has 20 heavy (non-hydrogen) atoms. The summed E-state index contributed by atoms with van der Waals surface area (Å²) in [6.45, 7) is 3.26. The molecular formula is C17H29NO2. The number of hydrogen-bond donors (Lipinski definition) is 1. The maximum atomic E-state index is 5.26. The summed E-state index contributed by atoms with van der Waals surface area (Å²) in [7, 11) is 3.35. The lowest BCUT2D eigenvalue weighted by molar-refractivity contribution is 0.394. The molecule has 1 aromatic carbocycles. The first kappa shape index (κ1) is 16.7. The molecular weight excluding hydrogens is 250 g/mol. The SMILES string of the molecule is CCCCCCCCCNc1cc(OC)cc(OC)c1. The first-order valence-corrected chi connectivity index (χ1v) is 7.77. The van der Waals surface area contributed by atoms with Gasteiger partial charge in [-0.2, -0.15) is 0 Å². The maximum absolute atomic E-state index is 5.26. The number of methoxy groups -OCH3 is 2. The van der Waals surface area contributed by atoms with Crippen molar-refractivity contribution >= 4 is 5.69 Å². The van der Waals surface area contributed by atoms with E-state index in [2.05, 4.69) is 12.2 Å². The molecule has 0 saturated carbocycles. The smallest absolute Gasteiger partial charge is 0.124 e. The molecule has 1 aromatic rings. The van der Waals surface area contributed by atoms with Gasteiger partial charge in [0, 0.05) is 30.4 Å². The molecule has 0 fully saturated rings. The Balaban J connectivity index is 2.21. The van der Waals surface area contributed by atoms with Gasteiger partial charge in [0.1, 0.15) is 11.5 Å². The van der Waals surface area contributed by atoms with Crippen molar-refractivity contribution in [1.29, 1.82) is 0 Å². The fourth-order valence-electron chi connectivity index (χ4n) is 2.22. The van der Waals surface area contributed by atoms with E-state index in [1.807, 2.05) is 18.2 Å². The van der Waals surface area contributed by atoms with Crippen LogP contribution in [0.1, 0.15) is 51.9 Å². The topological polar surface area (TPSA) is 30.5 Å². The summed E-state index contributed by atoms with van der Waals surface area (Å²) in [4.78, 5) is 0. The van der Waals surface area contributed by atoms with Crippen molar-refractivity contribution in [1.82, 2.24) is 0 Å². The molecule has 114 valence electrons. The van der Waals surface area contributed by atoms with Crippen LogP contribution in [-0.4, -0.2) is 20.8 Å². The summed E-state index contributed by atoms with van der Waals surface area (Å²) in [5.41, 5.74) is 1.06. The van der Waals surface area contributed by atoms with Gasteiger partial charge in [-0.05, 0) is 6.42 Å². The number of anilines is 1. The lowest BCUT2D eigenvalue weighted by Gasteiger charge is -2.10. The Morgan fingerprint density at radius 2 is 1.35 bits per heavy atom. The Bertz CT molecular complexity index is 344. The Kier molecular flexibility index (Phi) is 8.68. The quantitative estimate of drug-likeness (QED) is 0.586. The van der Waals surface area contributed by atoms with Gasteiger partial charge in [-0.3, -0.25) is 0 Å². The molecule has 0 aromatic heterocycles. The number of unbranched alkanes of at least 4 members (excludes halogenated alkanes) is 6. The van der Waals surface area contributed by atoms with Gasteiger partial charge in [0.15, 0.2) is 0 Å². The zero-order chi connectivity index (χ0) is 14.6. The molecule has 1 N–H and O–H groups in total. The molecule has 0 aliphatic carbocycles. The number of nitrogens with one attached hydrogen (secondary N) is 1. The molecule has 0 saturated heterocycles. The molecule has 0 heterocycles. The molecule has 0 amide bonds. The molecule has 0 aliphatic rings. The highest BCUT2D eigenvalue weighted by atomic mass is 16.5. The fraction of sp³-hybridized carbons (Fsp3) is 0.647. The lowest BCUT2D eigenvalue weighted by atomic mass is 10.1. The van der Waals surface area contributed by atoms with E-state index in [9.17, 15) is 0 Å². The minimum Gasteiger partial charge on any atom is -0.497 e. The van der Waals surface area contributed by atoms with E-state index in [-0.39, 0.29) is 0 Å². The van der Waals surface area contributed by atoms with Crippen LogP contribution in [0.3, 0.4) is 0 Å². The highest BCUT2D eigenvalue weighted by molar-refractivity contribution is 5.53. The predicted molar refractivity (Wildman–Crippen MR) is 86.0 cm³/mol. The molecule has 0 spiro atoms. The molecule has 3 heteroatoms. The van der Waals surface area contributed by atoms with Gasteiger partial charge in [-0.1, -0.05) is 45.4 Å². The minimum absolute atomic E-state index is 0.825. The summed E-state index contributed by atoms with van der Waals surface area (Å²) in [6, 6.07) is 5.90. The van der Waals surface area contributed by atoms with Crippen molar-refractivity contribution in [3.8, 4) is 11.5 Å². The van der Waals surface area contributed by atoms with E-state index >= 15 is 0 Å². The van der Waals surface area contributed by atoms with Crippen molar-refractivity contribution in [3.63, 3.8) is 0 Å². The minimum atomic E-state index is 0.825. The van der Waals surface area contributed by atoms with Gasteiger partial charge in [0.25, 0.3) is 0 Å². The second-order valence-corrected chi connectivity index (χ2v) is 5.15. The van der Waals surface area contributed by atoms with E-state index in [0.717, 1.165) is 23.7 Å². The highest BCUT2D eigenvalue weighted by Crippen LogP contribution is 2.25. The van der Waals surface area contributed by atoms with Crippen LogP contribution < -0.4 is 14.8 Å². The van der Waals surface area contributed by atoms with Gasteiger partial charge in [0.05, 0.1) is 14.2 Å². The Labute approximate surface area is 123 Å². The molecule has 0 atom stereocenters. The van der Waals surface area contributed by atoms with Crippen molar-refractivity contribution < 1.29 is 9.47 Å². The molecule has 0 radical (unpaired) electrons. The highest BCUT2D eigenvalue weighted by Gasteiger charge is 2.01. The van der Waals surface area contributed by atoms with E-state index < -0.39 is 0 Å². The maximum Gasteiger partial charge on any atom is 0.124 e. The second kappa shape index (κ2) is 10.4. The first-order chi connectivity index (χ1) is 9.80. The third-order valence-electron chi connectivity index (χ3n) is 3.46. The van der Waals surface area contributed by atoms with Crippen LogP contribution in [0, 0.1) is 0 Å².